The van der Waals surface area contributed by atoms with E-state index in [0.29, 0.717) is 0 Å². The first-order valence-corrected chi connectivity index (χ1v) is 5.34. The van der Waals surface area contributed by atoms with Crippen molar-refractivity contribution in [3.63, 3.8) is 0 Å². The summed E-state index contributed by atoms with van der Waals surface area (Å²) < 4.78 is 4.33. The molecule has 0 bridgehead atoms. The fourth-order valence-corrected chi connectivity index (χ4v) is 3.16. The van der Waals surface area contributed by atoms with Crippen LogP contribution < -0.4 is 0 Å². The maximum atomic E-state index is 8.25. The molecular weight excluding hydrogens is 120 g/mol. The molecule has 1 aliphatic heterocycles. The maximum absolute atomic E-state index is 8.25. The monoisotopic (exact) mass is 132 g/mol. The average Bonchev–Trinajstić information content (AvgIpc) is 1.90. The molecule has 0 aromatic heterocycles. The van der Waals surface area contributed by atoms with E-state index in [2.05, 4.69) is 4.58 Å². The zero-order chi connectivity index (χ0) is 5.82. The van der Waals surface area contributed by atoms with E-state index in [4.69, 9.17) is 5.26 Å². The first-order chi connectivity index (χ1) is 3.93. The van der Waals surface area contributed by atoms with Crippen LogP contribution in [0.15, 0.2) is 0 Å². The minimum absolute atomic E-state index is 1.05. The van der Waals surface area contributed by atoms with Crippen molar-refractivity contribution in [3.05, 3.63) is 0 Å². The topological polar surface area (TPSA) is 29.5 Å². The van der Waals surface area contributed by atoms with Crippen molar-refractivity contribution in [3.8, 4) is 0 Å². The van der Waals surface area contributed by atoms with E-state index in [1.165, 1.54) is 31.4 Å². The Labute approximate surface area is 51.1 Å². The summed E-state index contributed by atoms with van der Waals surface area (Å²) in [6.45, 7) is 0. The fourth-order valence-electron chi connectivity index (χ4n) is 1.17. The van der Waals surface area contributed by atoms with E-state index in [1.54, 1.807) is 0 Å². The van der Waals surface area contributed by atoms with Gasteiger partial charge in [-0.05, 0) is 12.1 Å². The van der Waals surface area contributed by atoms with Crippen molar-refractivity contribution in [2.45, 2.75) is 31.4 Å². The van der Waals surface area contributed by atoms with Crippen LogP contribution in [0.3, 0.4) is 0 Å². The second-order valence-electron chi connectivity index (χ2n) is 2.37. The highest BCUT2D eigenvalue weighted by Gasteiger charge is 2.15. The van der Waals surface area contributed by atoms with Gasteiger partial charge >= 0.3 is 0 Å². The SMILES string of the molecule is OO[SiH]1CCCCC1. The van der Waals surface area contributed by atoms with Gasteiger partial charge in [-0.15, -0.1) is 0 Å². The minimum atomic E-state index is -1.05. The van der Waals surface area contributed by atoms with Gasteiger partial charge < -0.3 is 0 Å². The lowest BCUT2D eigenvalue weighted by molar-refractivity contribution is -0.145. The quantitative estimate of drug-likeness (QED) is 0.332. The molecule has 0 atom stereocenters. The minimum Gasteiger partial charge on any atom is -0.293 e. The van der Waals surface area contributed by atoms with Gasteiger partial charge in [0.25, 0.3) is 0 Å². The van der Waals surface area contributed by atoms with Crippen LogP contribution in [0.2, 0.25) is 12.1 Å². The van der Waals surface area contributed by atoms with Crippen molar-refractivity contribution in [2.75, 3.05) is 0 Å². The van der Waals surface area contributed by atoms with Crippen LogP contribution in [0.4, 0.5) is 0 Å². The van der Waals surface area contributed by atoms with Gasteiger partial charge in [0.2, 0.25) is 9.04 Å². The Morgan fingerprint density at radius 2 is 1.75 bits per heavy atom. The third-order valence-electron chi connectivity index (χ3n) is 1.70. The van der Waals surface area contributed by atoms with E-state index in [9.17, 15) is 0 Å². The van der Waals surface area contributed by atoms with Crippen LogP contribution >= 0.6 is 0 Å². The van der Waals surface area contributed by atoms with Crippen molar-refractivity contribution >= 4 is 9.04 Å². The van der Waals surface area contributed by atoms with Crippen LogP contribution in [-0.4, -0.2) is 14.3 Å². The molecule has 1 aliphatic rings. The molecular formula is C5H12O2Si. The summed E-state index contributed by atoms with van der Waals surface area (Å²) in [6.07, 6.45) is 3.89. The van der Waals surface area contributed by atoms with Gasteiger partial charge in [0.15, 0.2) is 0 Å². The van der Waals surface area contributed by atoms with Crippen LogP contribution in [0.25, 0.3) is 0 Å². The fraction of sp³-hybridized carbons (Fsp3) is 1.00. The van der Waals surface area contributed by atoms with E-state index < -0.39 is 9.04 Å². The lowest BCUT2D eigenvalue weighted by Crippen LogP contribution is -2.18. The van der Waals surface area contributed by atoms with Crippen LogP contribution in [-0.2, 0) is 4.58 Å². The third kappa shape index (κ3) is 1.58. The van der Waals surface area contributed by atoms with Crippen LogP contribution in [0, 0.1) is 0 Å². The molecule has 0 unspecified atom stereocenters. The van der Waals surface area contributed by atoms with Gasteiger partial charge in [-0.3, -0.25) is 9.83 Å². The summed E-state index contributed by atoms with van der Waals surface area (Å²) in [5.74, 6) is 0. The van der Waals surface area contributed by atoms with E-state index in [0.717, 1.165) is 0 Å². The predicted molar refractivity (Wildman–Crippen MR) is 34.3 cm³/mol. The lowest BCUT2D eigenvalue weighted by atomic mass is 10.3. The third-order valence-corrected chi connectivity index (χ3v) is 4.10. The average molecular weight is 132 g/mol. The van der Waals surface area contributed by atoms with Crippen LogP contribution in [0.5, 0.6) is 0 Å². The molecule has 3 heteroatoms. The first kappa shape index (κ1) is 6.26. The lowest BCUT2D eigenvalue weighted by Gasteiger charge is -2.15. The summed E-state index contributed by atoms with van der Waals surface area (Å²) in [5.41, 5.74) is 0. The highest BCUT2D eigenvalue weighted by molar-refractivity contribution is 6.51. The number of hydrogen-bond donors (Lipinski definition) is 1. The molecule has 1 N–H and O–H groups in total. The molecule has 1 fully saturated rings. The molecule has 0 radical (unpaired) electrons. The standard InChI is InChI=1S/C5H12O2Si/c6-7-8-4-2-1-3-5-8/h6,8H,1-5H2. The van der Waals surface area contributed by atoms with Gasteiger partial charge in [0, 0.05) is 0 Å². The van der Waals surface area contributed by atoms with Gasteiger partial charge in [0.1, 0.15) is 0 Å². The van der Waals surface area contributed by atoms with Gasteiger partial charge in [0.05, 0.1) is 0 Å². The highest BCUT2D eigenvalue weighted by Crippen LogP contribution is 2.18. The summed E-state index contributed by atoms with van der Waals surface area (Å²) in [4.78, 5) is 0. The molecule has 0 aromatic rings. The summed E-state index contributed by atoms with van der Waals surface area (Å²) >= 11 is 0. The predicted octanol–water partition coefficient (Wildman–Crippen LogP) is 1.38. The smallest absolute Gasteiger partial charge is 0.223 e. The second-order valence-corrected chi connectivity index (χ2v) is 4.97. The Kier molecular flexibility index (Phi) is 2.52. The molecule has 0 saturated carbocycles. The number of rotatable bonds is 1. The van der Waals surface area contributed by atoms with Crippen molar-refractivity contribution in [1.29, 1.82) is 0 Å². The zero-order valence-corrected chi connectivity index (χ0v) is 6.12. The molecule has 1 heterocycles. The van der Waals surface area contributed by atoms with E-state index in [1.807, 2.05) is 0 Å². The molecule has 48 valence electrons. The Morgan fingerprint density at radius 3 is 2.12 bits per heavy atom. The molecule has 0 spiro atoms. The molecule has 1 saturated heterocycles. The summed E-state index contributed by atoms with van der Waals surface area (Å²) in [6, 6.07) is 2.35. The van der Waals surface area contributed by atoms with Crippen LogP contribution in [0.1, 0.15) is 19.3 Å². The highest BCUT2D eigenvalue weighted by atomic mass is 28.3. The summed E-state index contributed by atoms with van der Waals surface area (Å²) in [5, 5.41) is 8.25. The summed E-state index contributed by atoms with van der Waals surface area (Å²) in [7, 11) is -1.05. The van der Waals surface area contributed by atoms with Gasteiger partial charge in [-0.25, -0.2) is 0 Å². The zero-order valence-electron chi connectivity index (χ0n) is 4.97. The van der Waals surface area contributed by atoms with Gasteiger partial charge in [-0.2, -0.15) is 0 Å². The molecule has 2 nitrogen and oxygen atoms in total. The number of hydrogen-bond acceptors (Lipinski definition) is 2. The molecule has 0 amide bonds. The van der Waals surface area contributed by atoms with Gasteiger partial charge in [-0.1, -0.05) is 19.3 Å². The molecule has 0 aliphatic carbocycles. The Bertz CT molecular complexity index is 61.4. The molecule has 1 rings (SSSR count). The maximum Gasteiger partial charge on any atom is 0.223 e. The molecule has 0 aromatic carbocycles. The molecule has 8 heavy (non-hydrogen) atoms. The first-order valence-electron chi connectivity index (χ1n) is 3.23. The van der Waals surface area contributed by atoms with Crippen molar-refractivity contribution < 1.29 is 9.83 Å². The van der Waals surface area contributed by atoms with E-state index in [-0.39, 0.29) is 0 Å². The second kappa shape index (κ2) is 3.22. The Hall–Kier alpha value is 0.137. The largest absolute Gasteiger partial charge is 0.293 e. The van der Waals surface area contributed by atoms with Crippen molar-refractivity contribution in [2.24, 2.45) is 0 Å². The van der Waals surface area contributed by atoms with E-state index >= 15 is 0 Å². The Balaban J connectivity index is 2.13. The Morgan fingerprint density at radius 1 is 1.12 bits per heavy atom. The van der Waals surface area contributed by atoms with Crippen molar-refractivity contribution in [1.82, 2.24) is 0 Å². The normalized spacial score (nSPS) is 23.6.